The van der Waals surface area contributed by atoms with Crippen molar-refractivity contribution in [3.8, 4) is 0 Å². The Hall–Kier alpha value is -1.96. The zero-order valence-corrected chi connectivity index (χ0v) is 28.8. The standard InChI is InChI=1S/C37H65NO5S/c1-3-5-7-9-11-13-15-17-18-19-20-21-23-25-27-29-31-33-37(40)38-35(34-44(41,42)43)36(39)32-30-28-26-24-22-16-14-12-10-8-6-4-2/h5,7,11,13,17-18,20-21,30,32,35-36,39H,3-4,6,8-10,12,14-16,19,22-29,31,33-34H2,1-2H3,(H,38,40)(H,41,42,43)/b7-5-,13-11-,18-17-,21-20-,32-30+. The Morgan fingerprint density at radius 3 is 1.61 bits per heavy atom. The van der Waals surface area contributed by atoms with Crippen LogP contribution < -0.4 is 5.32 Å². The smallest absolute Gasteiger partial charge is 0.267 e. The summed E-state index contributed by atoms with van der Waals surface area (Å²) in [6, 6.07) is -1.07. The third kappa shape index (κ3) is 31.5. The number of nitrogens with one attached hydrogen (secondary N) is 1. The minimum Gasteiger partial charge on any atom is -0.387 e. The van der Waals surface area contributed by atoms with E-state index in [2.05, 4.69) is 67.8 Å². The van der Waals surface area contributed by atoms with Crippen LogP contribution in [0.5, 0.6) is 0 Å². The van der Waals surface area contributed by atoms with Crippen molar-refractivity contribution in [3.05, 3.63) is 60.8 Å². The van der Waals surface area contributed by atoms with Crippen molar-refractivity contribution in [2.24, 2.45) is 0 Å². The van der Waals surface area contributed by atoms with E-state index in [4.69, 9.17) is 0 Å². The number of rotatable bonds is 30. The second-order valence-corrected chi connectivity index (χ2v) is 13.3. The average molecular weight is 636 g/mol. The lowest BCUT2D eigenvalue weighted by atomic mass is 10.1. The number of hydrogen-bond donors (Lipinski definition) is 3. The summed E-state index contributed by atoms with van der Waals surface area (Å²) < 4.78 is 32.3. The highest BCUT2D eigenvalue weighted by Crippen LogP contribution is 2.12. The number of unbranched alkanes of at least 4 members (excludes halogenated alkanes) is 14. The molecule has 2 unspecified atom stereocenters. The fraction of sp³-hybridized carbons (Fsp3) is 0.703. The highest BCUT2D eigenvalue weighted by molar-refractivity contribution is 7.85. The maximum atomic E-state index is 12.4. The second kappa shape index (κ2) is 31.0. The second-order valence-electron chi connectivity index (χ2n) is 11.8. The first-order valence-corrected chi connectivity index (χ1v) is 19.1. The SMILES string of the molecule is CC/C=C\C/C=C\C/C=C\C/C=C\CCCCCCC(=O)NC(CS(=O)(=O)O)C(O)/C=C/CCCCCCCCCCCC. The largest absolute Gasteiger partial charge is 0.387 e. The summed E-state index contributed by atoms with van der Waals surface area (Å²) in [6.45, 7) is 4.37. The molecule has 0 aliphatic rings. The zero-order chi connectivity index (χ0) is 32.6. The minimum absolute atomic E-state index is 0.265. The van der Waals surface area contributed by atoms with E-state index in [1.165, 1.54) is 57.4 Å². The van der Waals surface area contributed by atoms with Crippen LogP contribution in [0.2, 0.25) is 0 Å². The Balaban J connectivity index is 4.09. The molecule has 0 bridgehead atoms. The van der Waals surface area contributed by atoms with E-state index in [0.717, 1.165) is 70.6 Å². The first-order chi connectivity index (χ1) is 21.3. The van der Waals surface area contributed by atoms with Crippen LogP contribution in [0.3, 0.4) is 0 Å². The Labute approximate surface area is 271 Å². The molecule has 44 heavy (non-hydrogen) atoms. The lowest BCUT2D eigenvalue weighted by Crippen LogP contribution is -2.46. The monoisotopic (exact) mass is 635 g/mol. The summed E-state index contributed by atoms with van der Waals surface area (Å²) in [6.07, 6.45) is 42.0. The Morgan fingerprint density at radius 2 is 1.09 bits per heavy atom. The van der Waals surface area contributed by atoms with E-state index >= 15 is 0 Å². The molecule has 0 radical (unpaired) electrons. The van der Waals surface area contributed by atoms with Crippen molar-refractivity contribution in [1.29, 1.82) is 0 Å². The van der Waals surface area contributed by atoms with Crippen molar-refractivity contribution in [2.45, 2.75) is 161 Å². The van der Waals surface area contributed by atoms with E-state index in [1.807, 2.05) is 6.08 Å². The maximum Gasteiger partial charge on any atom is 0.267 e. The molecule has 0 aromatic rings. The predicted molar refractivity (Wildman–Crippen MR) is 188 cm³/mol. The van der Waals surface area contributed by atoms with Gasteiger partial charge in [-0.25, -0.2) is 0 Å². The van der Waals surface area contributed by atoms with E-state index in [-0.39, 0.29) is 12.3 Å². The molecule has 0 saturated carbocycles. The summed E-state index contributed by atoms with van der Waals surface area (Å²) in [5, 5.41) is 13.1. The van der Waals surface area contributed by atoms with Crippen LogP contribution in [0, 0.1) is 0 Å². The molecule has 0 rings (SSSR count). The molecule has 0 aliphatic carbocycles. The molecular formula is C37H65NO5S. The molecular weight excluding hydrogens is 570 g/mol. The molecule has 0 heterocycles. The van der Waals surface area contributed by atoms with Gasteiger partial charge in [-0.05, 0) is 57.8 Å². The van der Waals surface area contributed by atoms with Gasteiger partial charge < -0.3 is 10.4 Å². The quantitative estimate of drug-likeness (QED) is 0.0414. The van der Waals surface area contributed by atoms with Crippen molar-refractivity contribution in [1.82, 2.24) is 5.32 Å². The van der Waals surface area contributed by atoms with Crippen molar-refractivity contribution in [3.63, 3.8) is 0 Å². The van der Waals surface area contributed by atoms with Gasteiger partial charge in [0.25, 0.3) is 10.1 Å². The number of carbonyl (C=O) groups is 1. The van der Waals surface area contributed by atoms with Gasteiger partial charge in [-0.2, -0.15) is 8.42 Å². The number of amides is 1. The van der Waals surface area contributed by atoms with Gasteiger partial charge in [0, 0.05) is 6.42 Å². The third-order valence-electron chi connectivity index (χ3n) is 7.45. The van der Waals surface area contributed by atoms with Crippen LogP contribution in [0.1, 0.15) is 149 Å². The summed E-state index contributed by atoms with van der Waals surface area (Å²) in [5.74, 6) is -1.02. The van der Waals surface area contributed by atoms with Gasteiger partial charge in [-0.3, -0.25) is 9.35 Å². The topological polar surface area (TPSA) is 104 Å². The molecule has 254 valence electrons. The highest BCUT2D eigenvalue weighted by Gasteiger charge is 2.24. The van der Waals surface area contributed by atoms with Crippen LogP contribution >= 0.6 is 0 Å². The lowest BCUT2D eigenvalue weighted by Gasteiger charge is -2.21. The molecule has 0 spiro atoms. The molecule has 3 N–H and O–H groups in total. The van der Waals surface area contributed by atoms with Gasteiger partial charge >= 0.3 is 0 Å². The summed E-state index contributed by atoms with van der Waals surface area (Å²) in [4.78, 5) is 12.4. The molecule has 0 aliphatic heterocycles. The zero-order valence-electron chi connectivity index (χ0n) is 28.0. The molecule has 2 atom stereocenters. The normalized spacial score (nSPS) is 14.2. The van der Waals surface area contributed by atoms with Gasteiger partial charge in [0.15, 0.2) is 0 Å². The number of aliphatic hydroxyl groups excluding tert-OH is 1. The fourth-order valence-corrected chi connectivity index (χ4v) is 5.58. The van der Waals surface area contributed by atoms with E-state index in [1.54, 1.807) is 0 Å². The first-order valence-electron chi connectivity index (χ1n) is 17.5. The molecule has 7 heteroatoms. The van der Waals surface area contributed by atoms with Crippen molar-refractivity contribution >= 4 is 16.0 Å². The van der Waals surface area contributed by atoms with Gasteiger partial charge in [-0.1, -0.05) is 145 Å². The molecule has 0 fully saturated rings. The summed E-state index contributed by atoms with van der Waals surface area (Å²) in [5.41, 5.74) is 0. The lowest BCUT2D eigenvalue weighted by molar-refractivity contribution is -0.122. The Kier molecular flexibility index (Phi) is 29.7. The first kappa shape index (κ1) is 42.0. The van der Waals surface area contributed by atoms with Gasteiger partial charge in [0.2, 0.25) is 5.91 Å². The Bertz CT molecular complexity index is 920. The molecule has 6 nitrogen and oxygen atoms in total. The van der Waals surface area contributed by atoms with Crippen LogP contribution in [-0.2, 0) is 14.9 Å². The number of hydrogen-bond acceptors (Lipinski definition) is 4. The maximum absolute atomic E-state index is 12.4. The van der Waals surface area contributed by atoms with Crippen LogP contribution in [-0.4, -0.2) is 41.9 Å². The Morgan fingerprint density at radius 1 is 0.636 bits per heavy atom. The van der Waals surface area contributed by atoms with Crippen molar-refractivity contribution in [2.75, 3.05) is 5.75 Å². The van der Waals surface area contributed by atoms with E-state index in [0.29, 0.717) is 6.42 Å². The van der Waals surface area contributed by atoms with Crippen molar-refractivity contribution < 1.29 is 22.9 Å². The number of allylic oxidation sites excluding steroid dienone is 9. The minimum atomic E-state index is -4.35. The van der Waals surface area contributed by atoms with E-state index in [9.17, 15) is 22.9 Å². The number of carbonyl (C=O) groups excluding carboxylic acids is 1. The summed E-state index contributed by atoms with van der Waals surface area (Å²) in [7, 11) is -4.35. The summed E-state index contributed by atoms with van der Waals surface area (Å²) >= 11 is 0. The fourth-order valence-electron chi connectivity index (χ4n) is 4.85. The number of aliphatic hydroxyl groups is 1. The molecule has 0 aromatic carbocycles. The van der Waals surface area contributed by atoms with Gasteiger partial charge in [0.1, 0.15) is 0 Å². The van der Waals surface area contributed by atoms with E-state index < -0.39 is 28.0 Å². The average Bonchev–Trinajstić information content (AvgIpc) is 2.98. The highest BCUT2D eigenvalue weighted by atomic mass is 32.2. The van der Waals surface area contributed by atoms with Gasteiger partial charge in [-0.15, -0.1) is 0 Å². The van der Waals surface area contributed by atoms with Crippen LogP contribution in [0.15, 0.2) is 60.8 Å². The molecule has 1 amide bonds. The van der Waals surface area contributed by atoms with Crippen LogP contribution in [0.4, 0.5) is 0 Å². The third-order valence-corrected chi connectivity index (χ3v) is 8.23. The van der Waals surface area contributed by atoms with Gasteiger partial charge in [0.05, 0.1) is 17.9 Å². The predicted octanol–water partition coefficient (Wildman–Crippen LogP) is 9.73. The van der Waals surface area contributed by atoms with Crippen LogP contribution in [0.25, 0.3) is 0 Å². The molecule has 0 aromatic heterocycles. The molecule has 0 saturated heterocycles.